The molecule has 0 fully saturated rings. The molecule has 8 heteroatoms. The van der Waals surface area contributed by atoms with Crippen LogP contribution in [0.1, 0.15) is 13.3 Å². The molecule has 1 atom stereocenters. The molecule has 2 N–H and O–H groups in total. The van der Waals surface area contributed by atoms with Crippen LogP contribution in [0.25, 0.3) is 5.65 Å². The number of nitrogens with one attached hydrogen (secondary N) is 2. The van der Waals surface area contributed by atoms with Crippen molar-refractivity contribution in [2.75, 3.05) is 13.6 Å². The van der Waals surface area contributed by atoms with E-state index in [0.29, 0.717) is 12.2 Å². The number of aryl methyl sites for hydroxylation is 1. The summed E-state index contributed by atoms with van der Waals surface area (Å²) in [5.41, 5.74) is 0.360. The fourth-order valence-corrected chi connectivity index (χ4v) is 1.78. The van der Waals surface area contributed by atoms with E-state index < -0.39 is 0 Å². The Bertz CT molecular complexity index is 651. The molecule has 1 unspecified atom stereocenters. The number of hydrogen-bond acceptors (Lipinski definition) is 4. The highest BCUT2D eigenvalue weighted by Gasteiger charge is 2.08. The van der Waals surface area contributed by atoms with Gasteiger partial charge in [-0.25, -0.2) is 9.48 Å². The second kappa shape index (κ2) is 7.80. The van der Waals surface area contributed by atoms with Gasteiger partial charge in [-0.05, 0) is 26.1 Å². The number of carbonyl (C=O) groups excluding carboxylic acids is 1. The van der Waals surface area contributed by atoms with Crippen molar-refractivity contribution >= 4 is 24.0 Å². The number of hydrogen-bond donors (Lipinski definition) is 2. The minimum Gasteiger partial charge on any atom is -0.354 e. The van der Waals surface area contributed by atoms with Gasteiger partial charge in [0, 0.05) is 25.2 Å². The van der Waals surface area contributed by atoms with Crippen LogP contribution in [0.3, 0.4) is 0 Å². The van der Waals surface area contributed by atoms with Crippen molar-refractivity contribution in [2.45, 2.75) is 25.9 Å². The van der Waals surface area contributed by atoms with Crippen LogP contribution in [0, 0.1) is 0 Å². The van der Waals surface area contributed by atoms with E-state index in [2.05, 4.69) is 15.7 Å². The molecule has 0 aliphatic rings. The van der Waals surface area contributed by atoms with Gasteiger partial charge >= 0.3 is 5.69 Å². The average Bonchev–Trinajstić information content (AvgIpc) is 2.79. The lowest BCUT2D eigenvalue weighted by molar-refractivity contribution is -0.121. The number of aromatic nitrogens is 3. The molecule has 0 aromatic carbocycles. The van der Waals surface area contributed by atoms with Gasteiger partial charge < -0.3 is 10.6 Å². The normalized spacial score (nSPS) is 11.9. The molecule has 21 heavy (non-hydrogen) atoms. The lowest BCUT2D eigenvalue weighted by Gasteiger charge is -2.10. The summed E-state index contributed by atoms with van der Waals surface area (Å²) in [6, 6.07) is 5.56. The van der Waals surface area contributed by atoms with Crippen LogP contribution < -0.4 is 16.3 Å². The van der Waals surface area contributed by atoms with Gasteiger partial charge in [0.05, 0.1) is 6.54 Å². The van der Waals surface area contributed by atoms with Crippen LogP contribution in [0.15, 0.2) is 29.2 Å². The van der Waals surface area contributed by atoms with Gasteiger partial charge in [0.2, 0.25) is 5.91 Å². The summed E-state index contributed by atoms with van der Waals surface area (Å²) in [4.78, 5) is 23.6. The van der Waals surface area contributed by atoms with Gasteiger partial charge in [-0.3, -0.25) is 9.20 Å². The first kappa shape index (κ1) is 17.2. The van der Waals surface area contributed by atoms with Gasteiger partial charge in [-0.1, -0.05) is 6.07 Å². The first-order valence-corrected chi connectivity index (χ1v) is 6.60. The molecule has 7 nitrogen and oxygen atoms in total. The highest BCUT2D eigenvalue weighted by molar-refractivity contribution is 5.85. The molecular formula is C13H20ClN5O2. The van der Waals surface area contributed by atoms with E-state index in [4.69, 9.17) is 0 Å². The fraction of sp³-hybridized carbons (Fsp3) is 0.462. The number of fused-ring (bicyclic) bond motifs is 1. The number of carbonyl (C=O) groups is 1. The van der Waals surface area contributed by atoms with Crippen molar-refractivity contribution in [1.29, 1.82) is 0 Å². The third-order valence-electron chi connectivity index (χ3n) is 3.14. The topological polar surface area (TPSA) is 80.4 Å². The summed E-state index contributed by atoms with van der Waals surface area (Å²) in [6.07, 6.45) is 1.90. The monoisotopic (exact) mass is 313 g/mol. The van der Waals surface area contributed by atoms with Crippen LogP contribution in [0.2, 0.25) is 0 Å². The highest BCUT2D eigenvalue weighted by Crippen LogP contribution is 1.96. The predicted molar refractivity (Wildman–Crippen MR) is 82.8 cm³/mol. The molecule has 0 saturated heterocycles. The lowest BCUT2D eigenvalue weighted by Crippen LogP contribution is -2.37. The Morgan fingerprint density at radius 1 is 1.43 bits per heavy atom. The van der Waals surface area contributed by atoms with E-state index in [1.807, 2.05) is 20.0 Å². The third-order valence-corrected chi connectivity index (χ3v) is 3.14. The first-order valence-electron chi connectivity index (χ1n) is 6.60. The van der Waals surface area contributed by atoms with E-state index in [9.17, 15) is 9.59 Å². The summed E-state index contributed by atoms with van der Waals surface area (Å²) < 4.78 is 2.78. The molecule has 2 aromatic heterocycles. The summed E-state index contributed by atoms with van der Waals surface area (Å²) in [7, 11) is 1.84. The summed E-state index contributed by atoms with van der Waals surface area (Å²) in [5, 5.41) is 10.0. The van der Waals surface area contributed by atoms with Crippen LogP contribution >= 0.6 is 12.4 Å². The fourth-order valence-electron chi connectivity index (χ4n) is 1.78. The molecule has 1 amide bonds. The zero-order valence-electron chi connectivity index (χ0n) is 12.1. The van der Waals surface area contributed by atoms with Gasteiger partial charge in [0.25, 0.3) is 0 Å². The number of rotatable bonds is 6. The van der Waals surface area contributed by atoms with Crippen LogP contribution in [-0.2, 0) is 11.3 Å². The summed E-state index contributed by atoms with van der Waals surface area (Å²) >= 11 is 0. The lowest BCUT2D eigenvalue weighted by atomic mass is 10.3. The number of pyridine rings is 1. The molecule has 2 aromatic rings. The maximum atomic E-state index is 12.0. The van der Waals surface area contributed by atoms with E-state index in [1.54, 1.807) is 18.3 Å². The van der Waals surface area contributed by atoms with Crippen molar-refractivity contribution in [3.63, 3.8) is 0 Å². The van der Waals surface area contributed by atoms with Crippen molar-refractivity contribution in [2.24, 2.45) is 0 Å². The molecule has 0 aliphatic heterocycles. The Morgan fingerprint density at radius 3 is 2.86 bits per heavy atom. The standard InChI is InChI=1S/C13H19N5O2.ClH/c1-10(14-2)9-15-12(19)6-8-18-13(20)17-7-4-3-5-11(17)16-18;/h3-5,7,10,14H,6,8-9H2,1-2H3,(H,15,19);1H. The molecule has 0 spiro atoms. The second-order valence-corrected chi connectivity index (χ2v) is 4.68. The smallest absolute Gasteiger partial charge is 0.350 e. The molecule has 116 valence electrons. The Kier molecular flexibility index (Phi) is 6.39. The maximum absolute atomic E-state index is 12.0. The van der Waals surface area contributed by atoms with Gasteiger partial charge in [0.1, 0.15) is 0 Å². The van der Waals surface area contributed by atoms with E-state index in [1.165, 1.54) is 9.08 Å². The van der Waals surface area contributed by atoms with Crippen LogP contribution in [0.5, 0.6) is 0 Å². The Labute approximate surface area is 128 Å². The zero-order valence-corrected chi connectivity index (χ0v) is 12.9. The van der Waals surface area contributed by atoms with E-state index in [0.717, 1.165) is 0 Å². The highest BCUT2D eigenvalue weighted by atomic mass is 35.5. The van der Waals surface area contributed by atoms with E-state index in [-0.39, 0.29) is 43.0 Å². The molecule has 0 bridgehead atoms. The first-order chi connectivity index (χ1) is 9.61. The molecule has 2 rings (SSSR count). The predicted octanol–water partition coefficient (Wildman–Crippen LogP) is 0.0320. The Balaban J connectivity index is 0.00000220. The minimum atomic E-state index is -0.225. The van der Waals surface area contributed by atoms with Crippen LogP contribution in [-0.4, -0.2) is 39.7 Å². The number of likely N-dealkylation sites (N-methyl/N-ethyl adjacent to an activating group) is 1. The largest absolute Gasteiger partial charge is 0.354 e. The van der Waals surface area contributed by atoms with Crippen molar-refractivity contribution in [3.8, 4) is 0 Å². The Morgan fingerprint density at radius 2 is 2.19 bits per heavy atom. The average molecular weight is 314 g/mol. The SMILES string of the molecule is CNC(C)CNC(=O)CCn1nc2ccccn2c1=O.Cl. The molecule has 0 saturated carbocycles. The van der Waals surface area contributed by atoms with E-state index >= 15 is 0 Å². The molecule has 0 aliphatic carbocycles. The maximum Gasteiger partial charge on any atom is 0.350 e. The van der Waals surface area contributed by atoms with Gasteiger partial charge in [-0.15, -0.1) is 17.5 Å². The minimum absolute atomic E-state index is 0. The van der Waals surface area contributed by atoms with Crippen LogP contribution in [0.4, 0.5) is 0 Å². The molecule has 0 radical (unpaired) electrons. The summed E-state index contributed by atoms with van der Waals surface area (Å²) in [5.74, 6) is -0.0870. The summed E-state index contributed by atoms with van der Waals surface area (Å²) in [6.45, 7) is 2.82. The quantitative estimate of drug-likeness (QED) is 0.788. The molecule has 2 heterocycles. The van der Waals surface area contributed by atoms with Gasteiger partial charge in [0.15, 0.2) is 5.65 Å². The van der Waals surface area contributed by atoms with Crippen molar-refractivity contribution < 1.29 is 4.79 Å². The number of halogens is 1. The number of amides is 1. The van der Waals surface area contributed by atoms with Crippen molar-refractivity contribution in [1.82, 2.24) is 24.8 Å². The second-order valence-electron chi connectivity index (χ2n) is 4.68. The van der Waals surface area contributed by atoms with Gasteiger partial charge in [-0.2, -0.15) is 0 Å². The zero-order chi connectivity index (χ0) is 14.5. The number of nitrogens with zero attached hydrogens (tertiary/aromatic N) is 3. The van der Waals surface area contributed by atoms with Crippen molar-refractivity contribution in [3.05, 3.63) is 34.9 Å². The third kappa shape index (κ3) is 4.30. The molecular weight excluding hydrogens is 294 g/mol. The Hall–Kier alpha value is -1.86.